The molecule has 148 valence electrons. The molecule has 1 heterocycles. The molecule has 0 bridgehead atoms. The van der Waals surface area contributed by atoms with Crippen LogP contribution in [0.5, 0.6) is 0 Å². The van der Waals surface area contributed by atoms with Crippen LogP contribution in [0.3, 0.4) is 0 Å². The Bertz CT molecular complexity index is 341. The number of rotatable bonds is 12. The maximum Gasteiger partial charge on any atom is 0.191 e. The molecule has 0 aromatic rings. The van der Waals surface area contributed by atoms with Crippen molar-refractivity contribution >= 4 is 5.96 Å². The van der Waals surface area contributed by atoms with E-state index in [9.17, 15) is 5.11 Å². The highest BCUT2D eigenvalue weighted by Crippen LogP contribution is 2.15. The molecule has 0 aromatic heterocycles. The summed E-state index contributed by atoms with van der Waals surface area (Å²) >= 11 is 0. The maximum atomic E-state index is 9.56. The summed E-state index contributed by atoms with van der Waals surface area (Å²) in [6.45, 7) is 12.6. The molecule has 0 aromatic carbocycles. The van der Waals surface area contributed by atoms with E-state index in [1.54, 1.807) is 0 Å². The number of hydrogen-bond donors (Lipinski definition) is 3. The molecule has 0 radical (unpaired) electrons. The Labute approximate surface area is 155 Å². The molecular weight excluding hydrogens is 312 g/mol. The fourth-order valence-corrected chi connectivity index (χ4v) is 3.44. The molecule has 1 atom stereocenters. The van der Waals surface area contributed by atoms with Gasteiger partial charge >= 0.3 is 0 Å². The zero-order valence-corrected chi connectivity index (χ0v) is 16.9. The average Bonchev–Trinajstić information content (AvgIpc) is 2.62. The van der Waals surface area contributed by atoms with Crippen LogP contribution < -0.4 is 10.6 Å². The molecular formula is C20H42N4O. The number of hydrogen-bond acceptors (Lipinski definition) is 3. The lowest BCUT2D eigenvalue weighted by atomic mass is 9.97. The lowest BCUT2D eigenvalue weighted by Gasteiger charge is -2.29. The van der Waals surface area contributed by atoms with Crippen LogP contribution in [0.15, 0.2) is 4.99 Å². The van der Waals surface area contributed by atoms with Gasteiger partial charge in [0.1, 0.15) is 0 Å². The predicted octanol–water partition coefficient (Wildman–Crippen LogP) is 2.99. The summed E-state index contributed by atoms with van der Waals surface area (Å²) in [6.07, 6.45) is 9.31. The minimum absolute atomic E-state index is 0.0781. The van der Waals surface area contributed by atoms with Crippen molar-refractivity contribution in [1.29, 1.82) is 0 Å². The van der Waals surface area contributed by atoms with Gasteiger partial charge in [-0.25, -0.2) is 0 Å². The SMILES string of the molecule is CCCCC(CCC)CN=C(NCC)NCCCN1CCC(O)CC1. The minimum Gasteiger partial charge on any atom is -0.393 e. The van der Waals surface area contributed by atoms with E-state index in [2.05, 4.69) is 36.3 Å². The zero-order valence-electron chi connectivity index (χ0n) is 16.9. The summed E-state index contributed by atoms with van der Waals surface area (Å²) in [5, 5.41) is 16.4. The van der Waals surface area contributed by atoms with Crippen LogP contribution in [-0.4, -0.2) is 61.3 Å². The lowest BCUT2D eigenvalue weighted by Crippen LogP contribution is -2.40. The van der Waals surface area contributed by atoms with Crippen LogP contribution in [0.2, 0.25) is 0 Å². The quantitative estimate of drug-likeness (QED) is 0.286. The number of aliphatic hydroxyl groups is 1. The first-order valence-corrected chi connectivity index (χ1v) is 10.6. The molecule has 5 heteroatoms. The molecule has 25 heavy (non-hydrogen) atoms. The highest BCUT2D eigenvalue weighted by Gasteiger charge is 2.16. The Hall–Kier alpha value is -0.810. The number of piperidine rings is 1. The van der Waals surface area contributed by atoms with Crippen molar-refractivity contribution in [3.63, 3.8) is 0 Å². The van der Waals surface area contributed by atoms with E-state index >= 15 is 0 Å². The van der Waals surface area contributed by atoms with Gasteiger partial charge in [-0.1, -0.05) is 33.1 Å². The smallest absolute Gasteiger partial charge is 0.191 e. The fourth-order valence-electron chi connectivity index (χ4n) is 3.44. The first-order valence-electron chi connectivity index (χ1n) is 10.6. The number of nitrogens with zero attached hydrogens (tertiary/aromatic N) is 2. The van der Waals surface area contributed by atoms with E-state index < -0.39 is 0 Å². The van der Waals surface area contributed by atoms with Crippen LogP contribution in [-0.2, 0) is 0 Å². The van der Waals surface area contributed by atoms with Crippen LogP contribution >= 0.6 is 0 Å². The lowest BCUT2D eigenvalue weighted by molar-refractivity contribution is 0.0823. The van der Waals surface area contributed by atoms with Gasteiger partial charge in [0.05, 0.1) is 6.10 Å². The Morgan fingerprint density at radius 3 is 2.48 bits per heavy atom. The Morgan fingerprint density at radius 2 is 1.84 bits per heavy atom. The monoisotopic (exact) mass is 354 g/mol. The standard InChI is InChI=1S/C20H42N4O/c1-4-7-10-18(9-5-2)17-23-20(21-6-3)22-13-8-14-24-15-11-19(25)12-16-24/h18-19,25H,4-17H2,1-3H3,(H2,21,22,23). The van der Waals surface area contributed by atoms with Gasteiger partial charge in [-0.3, -0.25) is 4.99 Å². The van der Waals surface area contributed by atoms with Crippen molar-refractivity contribution in [3.05, 3.63) is 0 Å². The van der Waals surface area contributed by atoms with Gasteiger partial charge < -0.3 is 20.6 Å². The normalized spacial score (nSPS) is 18.3. The first-order chi connectivity index (χ1) is 12.2. The van der Waals surface area contributed by atoms with Crippen molar-refractivity contribution in [2.24, 2.45) is 10.9 Å². The van der Waals surface area contributed by atoms with Gasteiger partial charge in [0.25, 0.3) is 0 Å². The van der Waals surface area contributed by atoms with Crippen molar-refractivity contribution < 1.29 is 5.11 Å². The van der Waals surface area contributed by atoms with E-state index in [4.69, 9.17) is 4.99 Å². The summed E-state index contributed by atoms with van der Waals surface area (Å²) in [6, 6.07) is 0. The van der Waals surface area contributed by atoms with E-state index in [1.807, 2.05) is 0 Å². The maximum absolute atomic E-state index is 9.56. The predicted molar refractivity (Wildman–Crippen MR) is 108 cm³/mol. The molecule has 1 rings (SSSR count). The van der Waals surface area contributed by atoms with Crippen LogP contribution in [0.1, 0.15) is 72.1 Å². The molecule has 1 fully saturated rings. The number of likely N-dealkylation sites (tertiary alicyclic amines) is 1. The van der Waals surface area contributed by atoms with E-state index in [-0.39, 0.29) is 6.10 Å². The highest BCUT2D eigenvalue weighted by molar-refractivity contribution is 5.79. The summed E-state index contributed by atoms with van der Waals surface area (Å²) in [7, 11) is 0. The summed E-state index contributed by atoms with van der Waals surface area (Å²) in [4.78, 5) is 7.29. The Balaban J connectivity index is 2.28. The van der Waals surface area contributed by atoms with Gasteiger partial charge in [0, 0.05) is 32.7 Å². The molecule has 5 nitrogen and oxygen atoms in total. The molecule has 0 aliphatic carbocycles. The number of nitrogens with one attached hydrogen (secondary N) is 2. The third-order valence-corrected chi connectivity index (χ3v) is 5.02. The van der Waals surface area contributed by atoms with Gasteiger partial charge in [0.2, 0.25) is 0 Å². The molecule has 1 aliphatic heterocycles. The second-order valence-electron chi connectivity index (χ2n) is 7.37. The molecule has 1 aliphatic rings. The van der Waals surface area contributed by atoms with Gasteiger partial charge in [-0.05, 0) is 51.5 Å². The first kappa shape index (κ1) is 22.2. The van der Waals surface area contributed by atoms with Crippen molar-refractivity contribution in [3.8, 4) is 0 Å². The zero-order chi connectivity index (χ0) is 18.3. The van der Waals surface area contributed by atoms with Crippen molar-refractivity contribution in [2.75, 3.05) is 39.3 Å². The van der Waals surface area contributed by atoms with Crippen LogP contribution in [0.25, 0.3) is 0 Å². The summed E-state index contributed by atoms with van der Waals surface area (Å²) in [5.74, 6) is 1.69. The highest BCUT2D eigenvalue weighted by atomic mass is 16.3. The van der Waals surface area contributed by atoms with E-state index in [1.165, 1.54) is 32.1 Å². The van der Waals surface area contributed by atoms with Gasteiger partial charge in [-0.2, -0.15) is 0 Å². The third kappa shape index (κ3) is 10.7. The molecule has 1 unspecified atom stereocenters. The van der Waals surface area contributed by atoms with Crippen molar-refractivity contribution in [1.82, 2.24) is 15.5 Å². The van der Waals surface area contributed by atoms with Crippen molar-refractivity contribution in [2.45, 2.75) is 78.2 Å². The molecule has 0 spiro atoms. The number of guanidine groups is 1. The number of aliphatic imine (C=N–C) groups is 1. The molecule has 0 amide bonds. The third-order valence-electron chi connectivity index (χ3n) is 5.02. The second-order valence-corrected chi connectivity index (χ2v) is 7.37. The van der Waals surface area contributed by atoms with Crippen LogP contribution in [0.4, 0.5) is 0 Å². The number of unbranched alkanes of at least 4 members (excludes halogenated alkanes) is 1. The van der Waals surface area contributed by atoms with Gasteiger partial charge in [-0.15, -0.1) is 0 Å². The largest absolute Gasteiger partial charge is 0.393 e. The second kappa shape index (κ2) is 14.4. The minimum atomic E-state index is -0.0781. The summed E-state index contributed by atoms with van der Waals surface area (Å²) in [5.41, 5.74) is 0. The molecule has 1 saturated heterocycles. The average molecular weight is 355 g/mol. The summed E-state index contributed by atoms with van der Waals surface area (Å²) < 4.78 is 0. The molecule has 0 saturated carbocycles. The van der Waals surface area contributed by atoms with Crippen LogP contribution in [0, 0.1) is 5.92 Å². The van der Waals surface area contributed by atoms with Gasteiger partial charge in [0.15, 0.2) is 5.96 Å². The fraction of sp³-hybridized carbons (Fsp3) is 0.950. The topological polar surface area (TPSA) is 59.9 Å². The van der Waals surface area contributed by atoms with E-state index in [0.717, 1.165) is 70.4 Å². The molecule has 3 N–H and O–H groups in total. The van der Waals surface area contributed by atoms with E-state index in [0.29, 0.717) is 0 Å². The Kier molecular flexibility index (Phi) is 12.8. The number of aliphatic hydroxyl groups excluding tert-OH is 1. The Morgan fingerprint density at radius 1 is 1.08 bits per heavy atom.